The monoisotopic (exact) mass is 237 g/mol. The van der Waals surface area contributed by atoms with Crippen molar-refractivity contribution in [1.82, 2.24) is 5.32 Å². The van der Waals surface area contributed by atoms with Crippen molar-refractivity contribution in [2.45, 2.75) is 45.1 Å². The molecular formula is C13H19NOS. The molecule has 1 amide bonds. The molecule has 2 atom stereocenters. The van der Waals surface area contributed by atoms with Crippen LogP contribution < -0.4 is 5.32 Å². The van der Waals surface area contributed by atoms with E-state index in [9.17, 15) is 4.79 Å². The molecule has 2 nitrogen and oxygen atoms in total. The average molecular weight is 237 g/mol. The molecular weight excluding hydrogens is 218 g/mol. The van der Waals surface area contributed by atoms with Crippen molar-refractivity contribution < 1.29 is 4.79 Å². The van der Waals surface area contributed by atoms with E-state index in [1.54, 1.807) is 11.3 Å². The molecule has 1 aliphatic rings. The third-order valence-electron chi connectivity index (χ3n) is 3.38. The molecule has 0 aromatic carbocycles. The van der Waals surface area contributed by atoms with Crippen LogP contribution >= 0.6 is 11.3 Å². The van der Waals surface area contributed by atoms with Gasteiger partial charge < -0.3 is 5.32 Å². The first kappa shape index (κ1) is 11.6. The van der Waals surface area contributed by atoms with Crippen molar-refractivity contribution >= 4 is 17.2 Å². The summed E-state index contributed by atoms with van der Waals surface area (Å²) in [4.78, 5) is 13.3. The van der Waals surface area contributed by atoms with Crippen LogP contribution in [0.4, 0.5) is 0 Å². The van der Waals surface area contributed by atoms with Gasteiger partial charge in [0.15, 0.2) is 0 Å². The standard InChI is InChI=1S/C13H19NOS/c1-3-9(4-2)13(15)14-11-8-10(11)12-6-5-7-16-12/h5-7,9-11H,3-4,8H2,1-2H3,(H,14,15). The van der Waals surface area contributed by atoms with E-state index in [1.165, 1.54) is 4.88 Å². The third-order valence-corrected chi connectivity index (χ3v) is 4.39. The molecule has 0 radical (unpaired) electrons. The molecule has 1 aliphatic carbocycles. The molecule has 1 saturated carbocycles. The molecule has 2 unspecified atom stereocenters. The fourth-order valence-electron chi connectivity index (χ4n) is 2.13. The summed E-state index contributed by atoms with van der Waals surface area (Å²) in [5.41, 5.74) is 0. The quantitative estimate of drug-likeness (QED) is 0.837. The fourth-order valence-corrected chi connectivity index (χ4v) is 3.04. The summed E-state index contributed by atoms with van der Waals surface area (Å²) in [5.74, 6) is 1.02. The van der Waals surface area contributed by atoms with Crippen molar-refractivity contribution in [3.8, 4) is 0 Å². The maximum atomic E-state index is 11.9. The molecule has 0 aliphatic heterocycles. The largest absolute Gasteiger partial charge is 0.352 e. The van der Waals surface area contributed by atoms with E-state index in [1.807, 2.05) is 0 Å². The van der Waals surface area contributed by atoms with Crippen LogP contribution in [0.3, 0.4) is 0 Å². The molecule has 1 aromatic heterocycles. The Morgan fingerprint density at radius 1 is 1.56 bits per heavy atom. The highest BCUT2D eigenvalue weighted by molar-refractivity contribution is 7.10. The molecule has 0 spiro atoms. The highest BCUT2D eigenvalue weighted by Gasteiger charge is 2.40. The normalized spacial score (nSPS) is 23.4. The molecule has 1 heterocycles. The highest BCUT2D eigenvalue weighted by Crippen LogP contribution is 2.42. The zero-order valence-electron chi connectivity index (χ0n) is 9.90. The first-order chi connectivity index (χ1) is 7.76. The van der Waals surface area contributed by atoms with Gasteiger partial charge in [0.05, 0.1) is 0 Å². The van der Waals surface area contributed by atoms with Gasteiger partial charge in [-0.05, 0) is 30.7 Å². The minimum absolute atomic E-state index is 0.199. The van der Waals surface area contributed by atoms with Gasteiger partial charge in [0.2, 0.25) is 5.91 Å². The van der Waals surface area contributed by atoms with Gasteiger partial charge in [0.25, 0.3) is 0 Å². The number of carbonyl (C=O) groups excluding carboxylic acids is 1. The average Bonchev–Trinajstić information content (AvgIpc) is 2.82. The Hall–Kier alpha value is -0.830. The summed E-state index contributed by atoms with van der Waals surface area (Å²) in [5, 5.41) is 5.27. The zero-order valence-corrected chi connectivity index (χ0v) is 10.7. The van der Waals surface area contributed by atoms with Gasteiger partial charge in [-0.25, -0.2) is 0 Å². The summed E-state index contributed by atoms with van der Waals surface area (Å²) in [7, 11) is 0. The van der Waals surface area contributed by atoms with E-state index in [0.29, 0.717) is 12.0 Å². The first-order valence-electron chi connectivity index (χ1n) is 6.10. The number of carbonyl (C=O) groups is 1. The van der Waals surface area contributed by atoms with Crippen molar-refractivity contribution in [2.24, 2.45) is 5.92 Å². The Bertz CT molecular complexity index is 343. The predicted octanol–water partition coefficient (Wildman–Crippen LogP) is 3.16. The van der Waals surface area contributed by atoms with Gasteiger partial charge in [-0.1, -0.05) is 19.9 Å². The van der Waals surface area contributed by atoms with Crippen molar-refractivity contribution in [3.63, 3.8) is 0 Å². The Morgan fingerprint density at radius 2 is 2.31 bits per heavy atom. The van der Waals surface area contributed by atoms with Crippen LogP contribution in [0.15, 0.2) is 17.5 Å². The lowest BCUT2D eigenvalue weighted by atomic mass is 10.0. The topological polar surface area (TPSA) is 29.1 Å². The van der Waals surface area contributed by atoms with Gasteiger partial charge in [-0.2, -0.15) is 0 Å². The summed E-state index contributed by atoms with van der Waals surface area (Å²) in [6.07, 6.45) is 3.00. The highest BCUT2D eigenvalue weighted by atomic mass is 32.1. The second-order valence-electron chi connectivity index (χ2n) is 4.49. The lowest BCUT2D eigenvalue weighted by Crippen LogP contribution is -2.32. The number of nitrogens with one attached hydrogen (secondary N) is 1. The maximum absolute atomic E-state index is 11.9. The minimum Gasteiger partial charge on any atom is -0.352 e. The van der Waals surface area contributed by atoms with Gasteiger partial charge in [-0.15, -0.1) is 11.3 Å². The molecule has 1 fully saturated rings. The van der Waals surface area contributed by atoms with Gasteiger partial charge in [0, 0.05) is 22.8 Å². The summed E-state index contributed by atoms with van der Waals surface area (Å²) in [6, 6.07) is 4.64. The summed E-state index contributed by atoms with van der Waals surface area (Å²) >= 11 is 1.79. The molecule has 16 heavy (non-hydrogen) atoms. The fraction of sp³-hybridized carbons (Fsp3) is 0.615. The van der Waals surface area contributed by atoms with E-state index < -0.39 is 0 Å². The molecule has 0 bridgehead atoms. The van der Waals surface area contributed by atoms with Crippen molar-refractivity contribution in [2.75, 3.05) is 0 Å². The Kier molecular flexibility index (Phi) is 3.64. The van der Waals surface area contributed by atoms with Crippen LogP contribution in [-0.2, 0) is 4.79 Å². The number of rotatable bonds is 5. The van der Waals surface area contributed by atoms with Crippen LogP contribution in [0.5, 0.6) is 0 Å². The van der Waals surface area contributed by atoms with E-state index in [2.05, 4.69) is 36.7 Å². The van der Waals surface area contributed by atoms with E-state index in [-0.39, 0.29) is 11.8 Å². The third kappa shape index (κ3) is 2.46. The van der Waals surface area contributed by atoms with E-state index >= 15 is 0 Å². The number of thiophene rings is 1. The smallest absolute Gasteiger partial charge is 0.223 e. The van der Waals surface area contributed by atoms with Gasteiger partial charge >= 0.3 is 0 Å². The van der Waals surface area contributed by atoms with Gasteiger partial charge in [-0.3, -0.25) is 4.79 Å². The minimum atomic E-state index is 0.199. The lowest BCUT2D eigenvalue weighted by molar-refractivity contribution is -0.125. The summed E-state index contributed by atoms with van der Waals surface area (Å²) in [6.45, 7) is 4.16. The maximum Gasteiger partial charge on any atom is 0.223 e. The SMILES string of the molecule is CCC(CC)C(=O)NC1CC1c1cccs1. The number of hydrogen-bond acceptors (Lipinski definition) is 2. The number of amides is 1. The number of hydrogen-bond donors (Lipinski definition) is 1. The van der Waals surface area contributed by atoms with Crippen molar-refractivity contribution in [1.29, 1.82) is 0 Å². The zero-order chi connectivity index (χ0) is 11.5. The Morgan fingerprint density at radius 3 is 2.88 bits per heavy atom. The molecule has 0 saturated heterocycles. The molecule has 2 rings (SSSR count). The van der Waals surface area contributed by atoms with Crippen LogP contribution in [-0.4, -0.2) is 11.9 Å². The van der Waals surface area contributed by atoms with Gasteiger partial charge in [0.1, 0.15) is 0 Å². The first-order valence-corrected chi connectivity index (χ1v) is 6.98. The van der Waals surface area contributed by atoms with Crippen molar-refractivity contribution in [3.05, 3.63) is 22.4 Å². The van der Waals surface area contributed by atoms with Crippen LogP contribution in [0.25, 0.3) is 0 Å². The molecule has 3 heteroatoms. The van der Waals surface area contributed by atoms with E-state index in [0.717, 1.165) is 19.3 Å². The summed E-state index contributed by atoms with van der Waals surface area (Å²) < 4.78 is 0. The van der Waals surface area contributed by atoms with Crippen LogP contribution in [0, 0.1) is 5.92 Å². The Labute approximate surface area is 101 Å². The molecule has 1 N–H and O–H groups in total. The predicted molar refractivity (Wildman–Crippen MR) is 67.7 cm³/mol. The van der Waals surface area contributed by atoms with E-state index in [4.69, 9.17) is 0 Å². The van der Waals surface area contributed by atoms with Crippen LogP contribution in [0.1, 0.15) is 43.9 Å². The second kappa shape index (κ2) is 5.00. The second-order valence-corrected chi connectivity index (χ2v) is 5.47. The molecule has 88 valence electrons. The lowest BCUT2D eigenvalue weighted by Gasteiger charge is -2.12. The van der Waals surface area contributed by atoms with Crippen LogP contribution in [0.2, 0.25) is 0 Å². The molecule has 1 aromatic rings. The Balaban J connectivity index is 1.83.